The zero-order valence-corrected chi connectivity index (χ0v) is 10.8. The van der Waals surface area contributed by atoms with E-state index in [2.05, 4.69) is 4.98 Å². The van der Waals surface area contributed by atoms with E-state index in [-0.39, 0.29) is 11.4 Å². The van der Waals surface area contributed by atoms with Gasteiger partial charge in [0.2, 0.25) is 5.91 Å². The van der Waals surface area contributed by atoms with Gasteiger partial charge >= 0.3 is 0 Å². The number of carbonyl (C=O) groups is 1. The highest BCUT2D eigenvalue weighted by molar-refractivity contribution is 5.75. The van der Waals surface area contributed by atoms with Gasteiger partial charge in [-0.05, 0) is 32.4 Å². The Morgan fingerprint density at radius 2 is 2.18 bits per heavy atom. The Hall–Kier alpha value is -1.42. The predicted molar refractivity (Wildman–Crippen MR) is 68.2 cm³/mol. The lowest BCUT2D eigenvalue weighted by Crippen LogP contribution is -2.35. The molecule has 0 aliphatic rings. The topological polar surface area (TPSA) is 59.2 Å². The third kappa shape index (κ3) is 5.45. The zero-order valence-electron chi connectivity index (χ0n) is 10.8. The fourth-order valence-corrected chi connectivity index (χ4v) is 1.44. The molecule has 1 amide bonds. The van der Waals surface area contributed by atoms with E-state index in [1.54, 1.807) is 18.1 Å². The van der Waals surface area contributed by atoms with Crippen LogP contribution in [0.25, 0.3) is 0 Å². The normalized spacial score (nSPS) is 11.3. The van der Waals surface area contributed by atoms with E-state index in [1.807, 2.05) is 32.0 Å². The van der Waals surface area contributed by atoms with Gasteiger partial charge in [-0.1, -0.05) is 6.07 Å². The lowest BCUT2D eigenvalue weighted by atomic mass is 10.00. The van der Waals surface area contributed by atoms with Crippen LogP contribution in [0.5, 0.6) is 0 Å². The Morgan fingerprint density at radius 1 is 1.47 bits per heavy atom. The molecule has 1 aromatic heterocycles. The molecular weight excluding hydrogens is 214 g/mol. The van der Waals surface area contributed by atoms with Crippen molar-refractivity contribution in [3.63, 3.8) is 0 Å². The molecule has 0 fully saturated rings. The second-order valence-electron chi connectivity index (χ2n) is 5.06. The van der Waals surface area contributed by atoms with Crippen LogP contribution in [0.4, 0.5) is 0 Å². The maximum atomic E-state index is 11.8. The van der Waals surface area contributed by atoms with Crippen LogP contribution in [-0.2, 0) is 11.3 Å². The summed E-state index contributed by atoms with van der Waals surface area (Å²) in [6.07, 6.45) is 2.90. The van der Waals surface area contributed by atoms with Gasteiger partial charge < -0.3 is 10.6 Å². The van der Waals surface area contributed by atoms with Crippen LogP contribution in [0.2, 0.25) is 0 Å². The van der Waals surface area contributed by atoms with Gasteiger partial charge in [0.1, 0.15) is 0 Å². The van der Waals surface area contributed by atoms with Gasteiger partial charge in [-0.2, -0.15) is 0 Å². The van der Waals surface area contributed by atoms with E-state index >= 15 is 0 Å². The lowest BCUT2D eigenvalue weighted by molar-refractivity contribution is -0.130. The first-order valence-electron chi connectivity index (χ1n) is 5.81. The van der Waals surface area contributed by atoms with Gasteiger partial charge in [0.25, 0.3) is 0 Å². The van der Waals surface area contributed by atoms with Gasteiger partial charge in [-0.3, -0.25) is 9.78 Å². The van der Waals surface area contributed by atoms with Crippen LogP contribution in [-0.4, -0.2) is 28.4 Å². The number of nitrogens with two attached hydrogens (primary N) is 1. The minimum absolute atomic E-state index is 0.106. The molecule has 4 heteroatoms. The van der Waals surface area contributed by atoms with E-state index < -0.39 is 0 Å². The molecule has 0 unspecified atom stereocenters. The first kappa shape index (κ1) is 13.6. The molecule has 0 aliphatic heterocycles. The van der Waals surface area contributed by atoms with Crippen LogP contribution in [0, 0.1) is 0 Å². The fraction of sp³-hybridized carbons (Fsp3) is 0.538. The highest BCUT2D eigenvalue weighted by Crippen LogP contribution is 2.09. The predicted octanol–water partition coefficient (Wildman–Crippen LogP) is 1.56. The summed E-state index contributed by atoms with van der Waals surface area (Å²) in [4.78, 5) is 17.7. The molecule has 0 atom stereocenters. The van der Waals surface area contributed by atoms with Gasteiger partial charge in [-0.15, -0.1) is 0 Å². The summed E-state index contributed by atoms with van der Waals surface area (Å²) in [6.45, 7) is 4.41. The molecule has 4 nitrogen and oxygen atoms in total. The average Bonchev–Trinajstić information content (AvgIpc) is 2.26. The second kappa shape index (κ2) is 5.77. The lowest BCUT2D eigenvalue weighted by Gasteiger charge is -2.21. The molecule has 0 saturated heterocycles. The van der Waals surface area contributed by atoms with Crippen molar-refractivity contribution < 1.29 is 4.79 Å². The number of nitrogens with zero attached hydrogens (tertiary/aromatic N) is 2. The van der Waals surface area contributed by atoms with Crippen LogP contribution < -0.4 is 5.73 Å². The van der Waals surface area contributed by atoms with Crippen molar-refractivity contribution in [2.75, 3.05) is 7.05 Å². The molecule has 17 heavy (non-hydrogen) atoms. The minimum Gasteiger partial charge on any atom is -0.340 e. The molecule has 0 aliphatic carbocycles. The van der Waals surface area contributed by atoms with Crippen molar-refractivity contribution in [2.45, 2.75) is 38.8 Å². The third-order valence-electron chi connectivity index (χ3n) is 2.53. The molecule has 2 N–H and O–H groups in total. The number of hydrogen-bond donors (Lipinski definition) is 1. The van der Waals surface area contributed by atoms with Gasteiger partial charge in [-0.25, -0.2) is 0 Å². The Kier molecular flexibility index (Phi) is 4.63. The summed E-state index contributed by atoms with van der Waals surface area (Å²) in [5, 5.41) is 0. The first-order valence-corrected chi connectivity index (χ1v) is 5.81. The molecule has 0 spiro atoms. The molecule has 1 heterocycles. The summed E-state index contributed by atoms with van der Waals surface area (Å²) >= 11 is 0. The van der Waals surface area contributed by atoms with Crippen molar-refractivity contribution in [2.24, 2.45) is 5.73 Å². The second-order valence-corrected chi connectivity index (χ2v) is 5.06. The SMILES string of the molecule is CN(Cc1ccccn1)C(=O)CCC(C)(C)N. The number of hydrogen-bond acceptors (Lipinski definition) is 3. The molecule has 0 bridgehead atoms. The number of carbonyl (C=O) groups excluding carboxylic acids is 1. The highest BCUT2D eigenvalue weighted by atomic mass is 16.2. The van der Waals surface area contributed by atoms with E-state index in [0.717, 1.165) is 5.69 Å². The first-order chi connectivity index (χ1) is 7.88. The number of aromatic nitrogens is 1. The van der Waals surface area contributed by atoms with Crippen LogP contribution in [0.1, 0.15) is 32.4 Å². The largest absolute Gasteiger partial charge is 0.340 e. The Labute approximate surface area is 103 Å². The van der Waals surface area contributed by atoms with Gasteiger partial charge in [0.05, 0.1) is 12.2 Å². The van der Waals surface area contributed by atoms with Crippen molar-refractivity contribution in [3.8, 4) is 0 Å². The van der Waals surface area contributed by atoms with E-state index in [1.165, 1.54) is 0 Å². The number of amides is 1. The van der Waals surface area contributed by atoms with Crippen molar-refractivity contribution >= 4 is 5.91 Å². The summed E-state index contributed by atoms with van der Waals surface area (Å²) in [6, 6.07) is 5.70. The molecule has 0 aromatic carbocycles. The van der Waals surface area contributed by atoms with Gasteiger partial charge in [0, 0.05) is 25.2 Å². The molecule has 1 rings (SSSR count). The van der Waals surface area contributed by atoms with Crippen LogP contribution >= 0.6 is 0 Å². The number of pyridine rings is 1. The van der Waals surface area contributed by atoms with E-state index in [4.69, 9.17) is 5.73 Å². The minimum atomic E-state index is -0.290. The van der Waals surface area contributed by atoms with Crippen molar-refractivity contribution in [1.29, 1.82) is 0 Å². The summed E-state index contributed by atoms with van der Waals surface area (Å²) in [5.74, 6) is 0.106. The Balaban J connectivity index is 2.43. The van der Waals surface area contributed by atoms with Crippen molar-refractivity contribution in [1.82, 2.24) is 9.88 Å². The average molecular weight is 235 g/mol. The molecule has 0 saturated carbocycles. The summed E-state index contributed by atoms with van der Waals surface area (Å²) < 4.78 is 0. The fourth-order valence-electron chi connectivity index (χ4n) is 1.44. The quantitative estimate of drug-likeness (QED) is 0.842. The smallest absolute Gasteiger partial charge is 0.222 e. The summed E-state index contributed by atoms with van der Waals surface area (Å²) in [5.41, 5.74) is 6.46. The van der Waals surface area contributed by atoms with E-state index in [0.29, 0.717) is 19.4 Å². The van der Waals surface area contributed by atoms with Crippen molar-refractivity contribution in [3.05, 3.63) is 30.1 Å². The maximum absolute atomic E-state index is 11.8. The number of rotatable bonds is 5. The molecule has 1 aromatic rings. The summed E-state index contributed by atoms with van der Waals surface area (Å²) in [7, 11) is 1.79. The third-order valence-corrected chi connectivity index (χ3v) is 2.53. The molecule has 0 radical (unpaired) electrons. The zero-order chi connectivity index (χ0) is 12.9. The molecular formula is C13H21N3O. The maximum Gasteiger partial charge on any atom is 0.222 e. The van der Waals surface area contributed by atoms with E-state index in [9.17, 15) is 4.79 Å². The molecule has 94 valence electrons. The standard InChI is InChI=1S/C13H21N3O/c1-13(2,14)8-7-12(17)16(3)10-11-6-4-5-9-15-11/h4-6,9H,7-8,10,14H2,1-3H3. The Bertz CT molecular complexity index is 357. The van der Waals surface area contributed by atoms with Crippen LogP contribution in [0.3, 0.4) is 0 Å². The van der Waals surface area contributed by atoms with Crippen LogP contribution in [0.15, 0.2) is 24.4 Å². The van der Waals surface area contributed by atoms with Gasteiger partial charge in [0.15, 0.2) is 0 Å². The Morgan fingerprint density at radius 3 is 2.71 bits per heavy atom. The highest BCUT2D eigenvalue weighted by Gasteiger charge is 2.15. The monoisotopic (exact) mass is 235 g/mol.